The van der Waals surface area contributed by atoms with E-state index in [1.165, 1.54) is 5.56 Å². The molecule has 2 aromatic carbocycles. The third-order valence-corrected chi connectivity index (χ3v) is 6.06. The number of anilines is 2. The molecule has 0 aliphatic carbocycles. The monoisotopic (exact) mass is 502 g/mol. The van der Waals surface area contributed by atoms with Crippen molar-refractivity contribution < 1.29 is 9.47 Å². The summed E-state index contributed by atoms with van der Waals surface area (Å²) in [6.45, 7) is 4.33. The maximum Gasteiger partial charge on any atom is 0.323 e. The number of rotatable bonds is 7. The van der Waals surface area contributed by atoms with Crippen molar-refractivity contribution in [1.29, 1.82) is 0 Å². The summed E-state index contributed by atoms with van der Waals surface area (Å²) in [4.78, 5) is 19.2. The number of fused-ring (bicyclic) bond motifs is 1. The number of nitrogens with one attached hydrogen (secondary N) is 3. The highest BCUT2D eigenvalue weighted by molar-refractivity contribution is 6.30. The second-order valence-electron chi connectivity index (χ2n) is 8.38. The van der Waals surface area contributed by atoms with Gasteiger partial charge in [-0.3, -0.25) is 10.00 Å². The van der Waals surface area contributed by atoms with Gasteiger partial charge in [-0.15, -0.1) is 0 Å². The van der Waals surface area contributed by atoms with Gasteiger partial charge in [-0.05, 0) is 42.0 Å². The highest BCUT2D eigenvalue weighted by Gasteiger charge is 2.16. The molecule has 1 fully saturated rings. The van der Waals surface area contributed by atoms with Crippen LogP contribution in [0.5, 0.6) is 11.8 Å². The number of morpholine rings is 1. The van der Waals surface area contributed by atoms with E-state index in [-0.39, 0.29) is 6.01 Å². The van der Waals surface area contributed by atoms with Gasteiger partial charge in [-0.1, -0.05) is 23.7 Å². The molecule has 3 N–H and O–H groups in total. The number of imidazole rings is 1. The molecule has 11 heteroatoms. The van der Waals surface area contributed by atoms with Crippen molar-refractivity contribution in [2.45, 2.75) is 6.54 Å². The van der Waals surface area contributed by atoms with Gasteiger partial charge in [0.25, 0.3) is 0 Å². The van der Waals surface area contributed by atoms with Crippen LogP contribution in [-0.2, 0) is 11.3 Å². The topological polar surface area (TPSA) is 117 Å². The third kappa shape index (κ3) is 5.01. The van der Waals surface area contributed by atoms with Crippen LogP contribution in [0.4, 0.5) is 11.5 Å². The number of aromatic amines is 2. The van der Waals surface area contributed by atoms with E-state index in [1.54, 1.807) is 42.7 Å². The van der Waals surface area contributed by atoms with Crippen LogP contribution in [0, 0.1) is 0 Å². The lowest BCUT2D eigenvalue weighted by molar-refractivity contribution is 0.0342. The summed E-state index contributed by atoms with van der Waals surface area (Å²) in [5, 5.41) is 11.2. The lowest BCUT2D eigenvalue weighted by Gasteiger charge is -2.26. The van der Waals surface area contributed by atoms with Crippen LogP contribution in [0.25, 0.3) is 22.6 Å². The second-order valence-corrected chi connectivity index (χ2v) is 8.82. The average molecular weight is 503 g/mol. The van der Waals surface area contributed by atoms with Crippen molar-refractivity contribution in [3.63, 3.8) is 0 Å². The van der Waals surface area contributed by atoms with Crippen LogP contribution in [0.3, 0.4) is 0 Å². The highest BCUT2D eigenvalue weighted by atomic mass is 35.5. The van der Waals surface area contributed by atoms with Crippen molar-refractivity contribution in [1.82, 2.24) is 35.0 Å². The molecule has 4 heterocycles. The van der Waals surface area contributed by atoms with Gasteiger partial charge in [-0.2, -0.15) is 10.1 Å². The molecule has 182 valence electrons. The van der Waals surface area contributed by atoms with E-state index < -0.39 is 0 Å². The van der Waals surface area contributed by atoms with Crippen LogP contribution in [0.1, 0.15) is 5.56 Å². The van der Waals surface area contributed by atoms with Crippen molar-refractivity contribution in [3.8, 4) is 23.3 Å². The molecule has 0 unspecified atom stereocenters. The average Bonchev–Trinajstić information content (AvgIpc) is 3.51. The lowest BCUT2D eigenvalue weighted by atomic mass is 10.2. The molecule has 0 amide bonds. The Labute approximate surface area is 211 Å². The van der Waals surface area contributed by atoms with Gasteiger partial charge < -0.3 is 19.8 Å². The fraction of sp³-hybridized carbons (Fsp3) is 0.200. The first-order valence-electron chi connectivity index (χ1n) is 11.6. The lowest BCUT2D eigenvalue weighted by Crippen LogP contribution is -2.35. The van der Waals surface area contributed by atoms with E-state index in [0.717, 1.165) is 49.6 Å². The minimum absolute atomic E-state index is 0.198. The maximum atomic E-state index is 6.04. The van der Waals surface area contributed by atoms with Gasteiger partial charge in [0.05, 0.1) is 29.9 Å². The smallest absolute Gasteiger partial charge is 0.323 e. The molecule has 0 atom stereocenters. The van der Waals surface area contributed by atoms with Crippen molar-refractivity contribution in [2.75, 3.05) is 31.6 Å². The number of halogens is 1. The Morgan fingerprint density at radius 1 is 1.08 bits per heavy atom. The fourth-order valence-electron chi connectivity index (χ4n) is 4.08. The van der Waals surface area contributed by atoms with E-state index in [0.29, 0.717) is 28.1 Å². The van der Waals surface area contributed by atoms with E-state index in [2.05, 4.69) is 53.6 Å². The SMILES string of the molecule is Clc1cccc(Oc2nccc(Nc3c[nH]nc3-c3nc4cc(CN5CCOCC5)ccc4[nH]3)n2)c1. The maximum absolute atomic E-state index is 6.04. The summed E-state index contributed by atoms with van der Waals surface area (Å²) in [5.74, 6) is 1.76. The Morgan fingerprint density at radius 3 is 2.89 bits per heavy atom. The number of H-pyrrole nitrogens is 2. The second kappa shape index (κ2) is 9.94. The first-order chi connectivity index (χ1) is 17.7. The van der Waals surface area contributed by atoms with Gasteiger partial charge in [0, 0.05) is 37.1 Å². The Kier molecular flexibility index (Phi) is 6.20. The quantitative estimate of drug-likeness (QED) is 0.291. The molecule has 0 radical (unpaired) electrons. The molecule has 5 aromatic rings. The summed E-state index contributed by atoms with van der Waals surface area (Å²) in [6.07, 6.45) is 3.37. The zero-order valence-electron chi connectivity index (χ0n) is 19.2. The fourth-order valence-corrected chi connectivity index (χ4v) is 4.26. The molecule has 1 aliphatic heterocycles. The van der Waals surface area contributed by atoms with Gasteiger partial charge in [-0.25, -0.2) is 9.97 Å². The molecule has 10 nitrogen and oxygen atoms in total. The summed E-state index contributed by atoms with van der Waals surface area (Å²) >= 11 is 6.04. The predicted octanol–water partition coefficient (Wildman–Crippen LogP) is 4.76. The van der Waals surface area contributed by atoms with Gasteiger partial charge in [0.15, 0.2) is 11.5 Å². The van der Waals surface area contributed by atoms with Crippen molar-refractivity contribution >= 4 is 34.1 Å². The van der Waals surface area contributed by atoms with E-state index in [4.69, 9.17) is 26.1 Å². The van der Waals surface area contributed by atoms with E-state index in [1.807, 2.05) is 0 Å². The molecule has 1 aliphatic rings. The van der Waals surface area contributed by atoms with Gasteiger partial charge >= 0.3 is 6.01 Å². The number of benzene rings is 2. The largest absolute Gasteiger partial charge is 0.424 e. The molecule has 6 rings (SSSR count). The number of ether oxygens (including phenoxy) is 2. The Hall–Kier alpha value is -3.99. The minimum atomic E-state index is 0.198. The molecular formula is C25H23ClN8O2. The van der Waals surface area contributed by atoms with Gasteiger partial charge in [0.1, 0.15) is 11.6 Å². The van der Waals surface area contributed by atoms with Crippen LogP contribution in [0.15, 0.2) is 60.9 Å². The Bertz CT molecular complexity index is 1490. The summed E-state index contributed by atoms with van der Waals surface area (Å²) in [7, 11) is 0. The number of aromatic nitrogens is 6. The molecule has 1 saturated heterocycles. The van der Waals surface area contributed by atoms with Crippen LogP contribution in [0.2, 0.25) is 5.02 Å². The summed E-state index contributed by atoms with van der Waals surface area (Å²) in [6, 6.07) is 15.3. The molecule has 0 saturated carbocycles. The zero-order chi connectivity index (χ0) is 24.3. The van der Waals surface area contributed by atoms with Crippen LogP contribution < -0.4 is 10.1 Å². The molecule has 3 aromatic heterocycles. The van der Waals surface area contributed by atoms with Crippen molar-refractivity contribution in [3.05, 3.63) is 71.5 Å². The Balaban J connectivity index is 1.20. The molecule has 36 heavy (non-hydrogen) atoms. The normalized spacial score (nSPS) is 14.2. The first kappa shape index (κ1) is 22.5. The molecule has 0 spiro atoms. The summed E-state index contributed by atoms with van der Waals surface area (Å²) in [5.41, 5.74) is 4.43. The number of hydrogen-bond donors (Lipinski definition) is 3. The predicted molar refractivity (Wildman–Crippen MR) is 137 cm³/mol. The van der Waals surface area contributed by atoms with Crippen molar-refractivity contribution in [2.24, 2.45) is 0 Å². The highest BCUT2D eigenvalue weighted by Crippen LogP contribution is 2.29. The summed E-state index contributed by atoms with van der Waals surface area (Å²) < 4.78 is 11.2. The first-order valence-corrected chi connectivity index (χ1v) is 11.9. The van der Waals surface area contributed by atoms with E-state index >= 15 is 0 Å². The molecular weight excluding hydrogens is 480 g/mol. The van der Waals surface area contributed by atoms with Gasteiger partial charge in [0.2, 0.25) is 0 Å². The Morgan fingerprint density at radius 2 is 2.00 bits per heavy atom. The number of nitrogens with zero attached hydrogens (tertiary/aromatic N) is 5. The van der Waals surface area contributed by atoms with Crippen LogP contribution >= 0.6 is 11.6 Å². The standard InChI is InChI=1S/C25H23ClN8O2/c26-17-2-1-3-18(13-17)36-25-27-7-6-22(32-25)29-21-14-28-33-23(21)24-30-19-5-4-16(12-20(19)31-24)15-34-8-10-35-11-9-34/h1-7,12-14H,8-11,15H2,(H,28,33)(H,30,31)(H,27,29,32). The van der Waals surface area contributed by atoms with Crippen LogP contribution in [-0.4, -0.2) is 61.3 Å². The zero-order valence-corrected chi connectivity index (χ0v) is 20.0. The molecule has 0 bridgehead atoms. The third-order valence-electron chi connectivity index (χ3n) is 5.82. The van der Waals surface area contributed by atoms with E-state index in [9.17, 15) is 0 Å². The number of hydrogen-bond acceptors (Lipinski definition) is 8. The minimum Gasteiger partial charge on any atom is -0.424 e.